The number of aliphatic hydroxyl groups is 1. The van der Waals surface area contributed by atoms with Crippen LogP contribution < -0.4 is 0 Å². The fourth-order valence-electron chi connectivity index (χ4n) is 8.75. The van der Waals surface area contributed by atoms with Gasteiger partial charge in [0.1, 0.15) is 12.2 Å². The number of ether oxygens (including phenoxy) is 5. The number of hydrogen-bond donors (Lipinski definition) is 1. The Morgan fingerprint density at radius 2 is 1.80 bits per heavy atom. The summed E-state index contributed by atoms with van der Waals surface area (Å²) in [6.07, 6.45) is 3.22. The predicted octanol–water partition coefficient (Wildman–Crippen LogP) is 5.51. The Balaban J connectivity index is 1.59. The molecular formula is C40H59N3O8. The molecule has 4 heterocycles. The number of benzene rings is 1. The number of rotatable bonds is 7. The van der Waals surface area contributed by atoms with E-state index in [-0.39, 0.29) is 36.5 Å². The molecule has 12 atom stereocenters. The molecule has 282 valence electrons. The van der Waals surface area contributed by atoms with Gasteiger partial charge in [0.2, 0.25) is 0 Å². The lowest BCUT2D eigenvalue weighted by atomic mass is 9.74. The summed E-state index contributed by atoms with van der Waals surface area (Å²) in [6.45, 7) is 16.7. The minimum Gasteiger partial charge on any atom is -0.455 e. The van der Waals surface area contributed by atoms with E-state index in [1.807, 2.05) is 95.3 Å². The van der Waals surface area contributed by atoms with Crippen LogP contribution in [0.3, 0.4) is 0 Å². The zero-order valence-electron chi connectivity index (χ0n) is 32.1. The zero-order valence-corrected chi connectivity index (χ0v) is 32.1. The topological polar surface area (TPSA) is 119 Å². The van der Waals surface area contributed by atoms with E-state index >= 15 is 0 Å². The number of esters is 1. The van der Waals surface area contributed by atoms with Gasteiger partial charge in [-0.25, -0.2) is 9.59 Å². The molecule has 1 unspecified atom stereocenters. The van der Waals surface area contributed by atoms with Crippen LogP contribution in [0.1, 0.15) is 73.8 Å². The second kappa shape index (κ2) is 15.9. The number of fused-ring (bicyclic) bond motifs is 1. The molecule has 0 aliphatic carbocycles. The zero-order chi connectivity index (χ0) is 37.2. The van der Waals surface area contributed by atoms with E-state index < -0.39 is 53.9 Å². The van der Waals surface area contributed by atoms with Gasteiger partial charge in [-0.2, -0.15) is 0 Å². The van der Waals surface area contributed by atoms with Crippen LogP contribution in [0.25, 0.3) is 6.08 Å². The predicted molar refractivity (Wildman–Crippen MR) is 196 cm³/mol. The van der Waals surface area contributed by atoms with Crippen LogP contribution in [-0.2, 0) is 28.5 Å². The maximum Gasteiger partial charge on any atom is 0.410 e. The molecule has 11 nitrogen and oxygen atoms in total. The van der Waals surface area contributed by atoms with Gasteiger partial charge in [0.25, 0.3) is 0 Å². The first-order chi connectivity index (χ1) is 24.1. The molecule has 2 bridgehead atoms. The van der Waals surface area contributed by atoms with Gasteiger partial charge < -0.3 is 33.7 Å². The van der Waals surface area contributed by atoms with Crippen LogP contribution in [0.2, 0.25) is 0 Å². The molecule has 4 aliphatic rings. The third kappa shape index (κ3) is 8.28. The fraction of sp³-hybridized carbons (Fsp3) is 0.675. The van der Waals surface area contributed by atoms with E-state index in [2.05, 4.69) is 13.8 Å². The van der Waals surface area contributed by atoms with E-state index in [4.69, 9.17) is 28.7 Å². The highest BCUT2D eigenvalue weighted by molar-refractivity contribution is 5.91. The smallest absolute Gasteiger partial charge is 0.410 e. The first-order valence-electron chi connectivity index (χ1n) is 18.5. The highest BCUT2D eigenvalue weighted by atomic mass is 16.7. The summed E-state index contributed by atoms with van der Waals surface area (Å²) in [4.78, 5) is 35.8. The highest BCUT2D eigenvalue weighted by Crippen LogP contribution is 2.43. The van der Waals surface area contributed by atoms with Crippen LogP contribution in [0.15, 0.2) is 53.0 Å². The van der Waals surface area contributed by atoms with Crippen LogP contribution in [0.4, 0.5) is 4.79 Å². The molecule has 1 aromatic carbocycles. The molecule has 4 aliphatic heterocycles. The molecule has 0 radical (unpaired) electrons. The van der Waals surface area contributed by atoms with Crippen molar-refractivity contribution in [2.24, 2.45) is 22.7 Å². The molecule has 1 amide bonds. The number of amides is 1. The molecule has 2 saturated heterocycles. The minimum absolute atomic E-state index is 0.0992. The lowest BCUT2D eigenvalue weighted by Crippen LogP contribution is -2.59. The molecule has 0 spiro atoms. The third-order valence-corrected chi connectivity index (χ3v) is 11.4. The Labute approximate surface area is 304 Å². The quantitative estimate of drug-likeness (QED) is 0.366. The van der Waals surface area contributed by atoms with Gasteiger partial charge in [-0.1, -0.05) is 69.3 Å². The van der Waals surface area contributed by atoms with E-state index in [0.717, 1.165) is 11.3 Å². The Morgan fingerprint density at radius 1 is 1.10 bits per heavy atom. The monoisotopic (exact) mass is 709 g/mol. The van der Waals surface area contributed by atoms with Crippen molar-refractivity contribution < 1.29 is 38.4 Å². The number of hydrogen-bond acceptors (Lipinski definition) is 10. The van der Waals surface area contributed by atoms with Crippen molar-refractivity contribution in [1.82, 2.24) is 9.80 Å². The first-order valence-corrected chi connectivity index (χ1v) is 18.5. The number of likely N-dealkylation sites (N-methyl/N-ethyl adjacent to an activating group) is 1. The number of cyclic esters (lactones) is 1. The SMILES string of the molecule is CC1=C[C@H](C)[C@@H](OC2O[C@@H](C)C[C@@H](N(C)C)[C@@H]2O)[C@@](C)(OC/C=C/c2ccccc2)C[C@@H](C)C2=NCCN3C(=O)O[C@](C)([C@@H](C)OC1=O)[C@H]3[C@H]2C. The van der Waals surface area contributed by atoms with Gasteiger partial charge in [0.05, 0.1) is 37.0 Å². The maximum absolute atomic E-state index is 13.7. The number of carbonyl (C=O) groups excluding carboxylic acids is 2. The van der Waals surface area contributed by atoms with Gasteiger partial charge in [-0.05, 0) is 73.0 Å². The minimum atomic E-state index is -1.09. The first kappa shape index (κ1) is 39.1. The molecule has 1 N–H and O–H groups in total. The molecule has 11 heteroatoms. The van der Waals surface area contributed by atoms with Gasteiger partial charge >= 0.3 is 12.1 Å². The Bertz CT molecular complexity index is 1480. The number of aliphatic imine (C=N–C) groups is 1. The average molecular weight is 710 g/mol. The molecular weight excluding hydrogens is 650 g/mol. The summed E-state index contributed by atoms with van der Waals surface area (Å²) in [5.74, 6) is -1.19. The Kier molecular flexibility index (Phi) is 12.2. The number of nitrogens with zero attached hydrogens (tertiary/aromatic N) is 3. The summed E-state index contributed by atoms with van der Waals surface area (Å²) in [5.41, 5.74) is 0.350. The van der Waals surface area contributed by atoms with Gasteiger partial charge in [0, 0.05) is 35.7 Å². The van der Waals surface area contributed by atoms with Crippen molar-refractivity contribution in [1.29, 1.82) is 0 Å². The molecule has 1 aromatic rings. The molecule has 2 fully saturated rings. The van der Waals surface area contributed by atoms with Gasteiger partial charge in [-0.3, -0.25) is 9.89 Å². The van der Waals surface area contributed by atoms with Crippen molar-refractivity contribution >= 4 is 23.9 Å². The normalized spacial score (nSPS) is 39.6. The Hall–Kier alpha value is -3.09. The summed E-state index contributed by atoms with van der Waals surface area (Å²) in [5, 5.41) is 11.6. The van der Waals surface area contributed by atoms with Crippen molar-refractivity contribution in [2.45, 2.75) is 122 Å². The van der Waals surface area contributed by atoms with Gasteiger partial charge in [-0.15, -0.1) is 0 Å². The highest BCUT2D eigenvalue weighted by Gasteiger charge is 2.59. The largest absolute Gasteiger partial charge is 0.455 e. The third-order valence-electron chi connectivity index (χ3n) is 11.4. The molecule has 0 saturated carbocycles. The fourth-order valence-corrected chi connectivity index (χ4v) is 8.75. The summed E-state index contributed by atoms with van der Waals surface area (Å²) < 4.78 is 32.3. The van der Waals surface area contributed by atoms with Crippen molar-refractivity contribution in [2.75, 3.05) is 33.8 Å². The number of carbonyl (C=O) groups is 2. The summed E-state index contributed by atoms with van der Waals surface area (Å²) in [7, 11) is 3.90. The number of aliphatic hydroxyl groups excluding tert-OH is 1. The van der Waals surface area contributed by atoms with Crippen LogP contribution >= 0.6 is 0 Å². The summed E-state index contributed by atoms with van der Waals surface area (Å²) >= 11 is 0. The molecule has 5 rings (SSSR count). The standard InChI is InChI=1S/C40H59N3O8/c1-24-21-25(2)36(45)49-29(6)40(8)34-28(5)32(41-18-19-43(34)38(46)51-40)26(3)23-39(7,47-20-14-17-30-15-12-11-13-16-30)35(24)50-37-33(44)31(42(9)10)22-27(4)48-37/h11-17,21,24,26-29,31,33-35,37,44H,18-20,22-23H2,1-10H3/b17-14+,25-21?/t24-,26+,27-,28-,29+,31+,33-,34+,35+,37?,39-,40+/m0/s1. The summed E-state index contributed by atoms with van der Waals surface area (Å²) in [6, 6.07) is 9.47. The van der Waals surface area contributed by atoms with Gasteiger partial charge in [0.15, 0.2) is 11.9 Å². The van der Waals surface area contributed by atoms with E-state index in [1.165, 1.54) is 0 Å². The van der Waals surface area contributed by atoms with Crippen molar-refractivity contribution in [3.63, 3.8) is 0 Å². The average Bonchev–Trinajstić information content (AvgIpc) is 3.20. The lowest BCUT2D eigenvalue weighted by molar-refractivity contribution is -0.295. The second-order valence-corrected chi connectivity index (χ2v) is 15.7. The second-order valence-electron chi connectivity index (χ2n) is 15.7. The van der Waals surface area contributed by atoms with Crippen molar-refractivity contribution in [3.8, 4) is 0 Å². The Morgan fingerprint density at radius 3 is 2.49 bits per heavy atom. The van der Waals surface area contributed by atoms with Crippen LogP contribution in [0.5, 0.6) is 0 Å². The lowest BCUT2D eigenvalue weighted by Gasteiger charge is -2.47. The van der Waals surface area contributed by atoms with E-state index in [0.29, 0.717) is 31.5 Å². The van der Waals surface area contributed by atoms with E-state index in [1.54, 1.807) is 18.7 Å². The van der Waals surface area contributed by atoms with Crippen LogP contribution in [0, 0.1) is 17.8 Å². The van der Waals surface area contributed by atoms with E-state index in [9.17, 15) is 14.7 Å². The maximum atomic E-state index is 13.7. The molecule has 51 heavy (non-hydrogen) atoms. The molecule has 0 aromatic heterocycles. The van der Waals surface area contributed by atoms with Crippen molar-refractivity contribution in [3.05, 3.63) is 53.6 Å². The van der Waals surface area contributed by atoms with Crippen LogP contribution in [-0.4, -0.2) is 120 Å².